The van der Waals surface area contributed by atoms with E-state index in [4.69, 9.17) is 5.11 Å². The highest BCUT2D eigenvalue weighted by Gasteiger charge is 2.29. The summed E-state index contributed by atoms with van der Waals surface area (Å²) < 4.78 is 0. The molecular formula is C15H28N2O3. The molecule has 2 N–H and O–H groups in total. The molecule has 1 heterocycles. The molecule has 0 aromatic heterocycles. The van der Waals surface area contributed by atoms with Crippen molar-refractivity contribution in [1.82, 2.24) is 10.2 Å². The first-order valence-electron chi connectivity index (χ1n) is 7.58. The Labute approximate surface area is 121 Å². The minimum Gasteiger partial charge on any atom is -0.481 e. The molecule has 2 amide bonds. The van der Waals surface area contributed by atoms with Gasteiger partial charge in [-0.15, -0.1) is 0 Å². The number of carboxylic acid groups (broad SMARTS) is 1. The van der Waals surface area contributed by atoms with Gasteiger partial charge in [-0.2, -0.15) is 0 Å². The van der Waals surface area contributed by atoms with Gasteiger partial charge in [-0.25, -0.2) is 4.79 Å². The monoisotopic (exact) mass is 284 g/mol. The van der Waals surface area contributed by atoms with Gasteiger partial charge in [-0.1, -0.05) is 40.0 Å². The van der Waals surface area contributed by atoms with Crippen LogP contribution in [0.3, 0.4) is 0 Å². The van der Waals surface area contributed by atoms with Crippen molar-refractivity contribution in [2.45, 2.75) is 65.3 Å². The maximum Gasteiger partial charge on any atom is 0.317 e. The molecule has 0 aromatic rings. The Kier molecular flexibility index (Phi) is 6.30. The number of carboxylic acids is 1. The smallest absolute Gasteiger partial charge is 0.317 e. The second kappa shape index (κ2) is 7.50. The molecule has 0 radical (unpaired) electrons. The maximum absolute atomic E-state index is 12.3. The van der Waals surface area contributed by atoms with E-state index < -0.39 is 5.97 Å². The van der Waals surface area contributed by atoms with Crippen LogP contribution in [-0.4, -0.2) is 41.1 Å². The van der Waals surface area contributed by atoms with Gasteiger partial charge in [0.1, 0.15) is 0 Å². The van der Waals surface area contributed by atoms with Crippen LogP contribution in [0.2, 0.25) is 0 Å². The Hall–Kier alpha value is -1.26. The van der Waals surface area contributed by atoms with Crippen LogP contribution < -0.4 is 5.32 Å². The number of nitrogens with zero attached hydrogens (tertiary/aromatic N) is 1. The average Bonchev–Trinajstić information content (AvgIpc) is 2.25. The van der Waals surface area contributed by atoms with Gasteiger partial charge in [0.15, 0.2) is 0 Å². The van der Waals surface area contributed by atoms with E-state index in [9.17, 15) is 9.59 Å². The number of likely N-dealkylation sites (tertiary alicyclic amines) is 1. The van der Waals surface area contributed by atoms with Crippen LogP contribution in [0.1, 0.15) is 59.3 Å². The van der Waals surface area contributed by atoms with Gasteiger partial charge in [-0.3, -0.25) is 4.79 Å². The minimum atomic E-state index is -0.877. The van der Waals surface area contributed by atoms with Crippen molar-refractivity contribution in [3.05, 3.63) is 0 Å². The van der Waals surface area contributed by atoms with Gasteiger partial charge in [-0.05, 0) is 18.3 Å². The molecule has 1 fully saturated rings. The van der Waals surface area contributed by atoms with Crippen molar-refractivity contribution in [3.8, 4) is 0 Å². The zero-order chi connectivity index (χ0) is 15.2. The summed E-state index contributed by atoms with van der Waals surface area (Å²) in [4.78, 5) is 25.1. The fraction of sp³-hybridized carbons (Fsp3) is 0.867. The van der Waals surface area contributed by atoms with E-state index in [0.717, 1.165) is 25.9 Å². The number of urea groups is 1. The topological polar surface area (TPSA) is 69.6 Å². The van der Waals surface area contributed by atoms with E-state index in [1.54, 1.807) is 0 Å². The number of hydrogen-bond donors (Lipinski definition) is 2. The second-order valence-corrected chi connectivity index (χ2v) is 6.72. The summed E-state index contributed by atoms with van der Waals surface area (Å²) >= 11 is 0. The van der Waals surface area contributed by atoms with Crippen LogP contribution in [0.5, 0.6) is 0 Å². The summed E-state index contributed by atoms with van der Waals surface area (Å²) in [6.45, 7) is 7.41. The average molecular weight is 284 g/mol. The lowest BCUT2D eigenvalue weighted by Crippen LogP contribution is -2.51. The first kappa shape index (κ1) is 16.8. The number of amides is 2. The molecule has 1 atom stereocenters. The molecule has 0 aliphatic carbocycles. The molecule has 5 nitrogen and oxygen atoms in total. The normalized spacial score (nSPS) is 18.9. The number of nitrogens with one attached hydrogen (secondary N) is 1. The summed E-state index contributed by atoms with van der Waals surface area (Å²) in [6, 6.07) is -0.467. The van der Waals surface area contributed by atoms with Crippen LogP contribution in [-0.2, 0) is 4.79 Å². The Bertz CT molecular complexity index is 329. The van der Waals surface area contributed by atoms with E-state index in [-0.39, 0.29) is 23.9 Å². The van der Waals surface area contributed by atoms with Crippen LogP contribution in [0, 0.1) is 5.41 Å². The standard InChI is InChI=1S/C15H28N2O3/c1-15(2,3)12(11-13(18)19)16-14(20)17-9-7-5-4-6-8-10-17/h12H,4-11H2,1-3H3,(H,16,20)(H,18,19). The SMILES string of the molecule is CC(C)(C)C(CC(=O)O)NC(=O)N1CCCCCCC1. The summed E-state index contributed by atoms with van der Waals surface area (Å²) in [5, 5.41) is 11.9. The van der Waals surface area contributed by atoms with E-state index >= 15 is 0 Å². The van der Waals surface area contributed by atoms with Gasteiger partial charge in [0.2, 0.25) is 0 Å². The highest BCUT2D eigenvalue weighted by molar-refractivity contribution is 5.76. The molecule has 1 rings (SSSR count). The Morgan fingerprint density at radius 3 is 2.05 bits per heavy atom. The third-order valence-electron chi connectivity index (χ3n) is 3.87. The van der Waals surface area contributed by atoms with E-state index in [2.05, 4.69) is 5.32 Å². The number of carbonyl (C=O) groups is 2. The molecule has 0 bridgehead atoms. The van der Waals surface area contributed by atoms with Crippen LogP contribution in [0.25, 0.3) is 0 Å². The molecule has 0 spiro atoms. The second-order valence-electron chi connectivity index (χ2n) is 6.72. The number of hydrogen-bond acceptors (Lipinski definition) is 2. The minimum absolute atomic E-state index is 0.0386. The molecular weight excluding hydrogens is 256 g/mol. The highest BCUT2D eigenvalue weighted by atomic mass is 16.4. The van der Waals surface area contributed by atoms with E-state index in [1.165, 1.54) is 19.3 Å². The molecule has 116 valence electrons. The van der Waals surface area contributed by atoms with Crippen molar-refractivity contribution in [2.75, 3.05) is 13.1 Å². The lowest BCUT2D eigenvalue weighted by Gasteiger charge is -2.33. The van der Waals surface area contributed by atoms with Gasteiger partial charge in [0, 0.05) is 19.1 Å². The Morgan fingerprint density at radius 1 is 1.10 bits per heavy atom. The largest absolute Gasteiger partial charge is 0.481 e. The summed E-state index contributed by atoms with van der Waals surface area (Å²) in [7, 11) is 0. The molecule has 1 aliphatic rings. The molecule has 1 saturated heterocycles. The molecule has 0 saturated carbocycles. The highest BCUT2D eigenvalue weighted by Crippen LogP contribution is 2.22. The lowest BCUT2D eigenvalue weighted by atomic mass is 9.85. The van der Waals surface area contributed by atoms with Crippen molar-refractivity contribution in [3.63, 3.8) is 0 Å². The first-order chi connectivity index (χ1) is 9.30. The fourth-order valence-corrected chi connectivity index (χ4v) is 2.44. The summed E-state index contributed by atoms with van der Waals surface area (Å²) in [5.74, 6) is -0.877. The summed E-state index contributed by atoms with van der Waals surface area (Å²) in [5.41, 5.74) is -0.267. The third-order valence-corrected chi connectivity index (χ3v) is 3.87. The van der Waals surface area contributed by atoms with Gasteiger partial charge < -0.3 is 15.3 Å². The van der Waals surface area contributed by atoms with Gasteiger partial charge >= 0.3 is 12.0 Å². The zero-order valence-corrected chi connectivity index (χ0v) is 12.9. The number of aliphatic carboxylic acids is 1. The zero-order valence-electron chi connectivity index (χ0n) is 12.9. The maximum atomic E-state index is 12.3. The Morgan fingerprint density at radius 2 is 1.60 bits per heavy atom. The molecule has 0 aromatic carbocycles. The fourth-order valence-electron chi connectivity index (χ4n) is 2.44. The van der Waals surface area contributed by atoms with Crippen LogP contribution in [0.15, 0.2) is 0 Å². The molecule has 5 heteroatoms. The number of rotatable bonds is 3. The number of carbonyl (C=O) groups excluding carboxylic acids is 1. The van der Waals surface area contributed by atoms with Gasteiger partial charge in [0.05, 0.1) is 6.42 Å². The van der Waals surface area contributed by atoms with Crippen molar-refractivity contribution < 1.29 is 14.7 Å². The summed E-state index contributed by atoms with van der Waals surface area (Å²) in [6.07, 6.45) is 5.62. The predicted molar refractivity (Wildman–Crippen MR) is 78.7 cm³/mol. The van der Waals surface area contributed by atoms with Crippen LogP contribution >= 0.6 is 0 Å². The van der Waals surface area contributed by atoms with Crippen molar-refractivity contribution in [2.24, 2.45) is 5.41 Å². The van der Waals surface area contributed by atoms with Crippen LogP contribution in [0.4, 0.5) is 4.79 Å². The molecule has 1 aliphatic heterocycles. The van der Waals surface area contributed by atoms with E-state index in [1.807, 2.05) is 25.7 Å². The van der Waals surface area contributed by atoms with Crippen molar-refractivity contribution >= 4 is 12.0 Å². The predicted octanol–water partition coefficient (Wildman–Crippen LogP) is 2.85. The lowest BCUT2D eigenvalue weighted by molar-refractivity contribution is -0.138. The van der Waals surface area contributed by atoms with E-state index in [0.29, 0.717) is 0 Å². The van der Waals surface area contributed by atoms with Crippen molar-refractivity contribution in [1.29, 1.82) is 0 Å². The molecule has 20 heavy (non-hydrogen) atoms. The van der Waals surface area contributed by atoms with Gasteiger partial charge in [0.25, 0.3) is 0 Å². The Balaban J connectivity index is 2.61. The third kappa shape index (κ3) is 5.80. The quantitative estimate of drug-likeness (QED) is 0.837. The first-order valence-corrected chi connectivity index (χ1v) is 7.58. The molecule has 1 unspecified atom stereocenters.